The van der Waals surface area contributed by atoms with Crippen LogP contribution in [-0.4, -0.2) is 20.0 Å². The summed E-state index contributed by atoms with van der Waals surface area (Å²) in [5, 5.41) is 13.0. The molecule has 0 saturated carbocycles. The van der Waals surface area contributed by atoms with E-state index in [0.717, 1.165) is 17.7 Å². The summed E-state index contributed by atoms with van der Waals surface area (Å²) in [4.78, 5) is 4.14. The molecule has 1 aromatic heterocycles. The molecule has 0 amide bonds. The topological polar surface area (TPSA) is 63.0 Å². The molecular formula is C15H11F3N4O. The molecule has 0 aliphatic carbocycles. The van der Waals surface area contributed by atoms with Gasteiger partial charge >= 0.3 is 6.18 Å². The molecule has 8 heteroatoms. The van der Waals surface area contributed by atoms with Crippen LogP contribution in [0.3, 0.4) is 0 Å². The van der Waals surface area contributed by atoms with Crippen LogP contribution in [0.25, 0.3) is 17.1 Å². The van der Waals surface area contributed by atoms with E-state index in [4.69, 9.17) is 5.21 Å². The van der Waals surface area contributed by atoms with Gasteiger partial charge in [0.1, 0.15) is 6.33 Å². The Labute approximate surface area is 129 Å². The van der Waals surface area contributed by atoms with Gasteiger partial charge in [-0.2, -0.15) is 13.2 Å². The summed E-state index contributed by atoms with van der Waals surface area (Å²) in [6.07, 6.45) is -2.94. The SMILES string of the molecule is ONc1ccc(-c2ncn(-c3ccc(C(F)(F)F)cc3)n2)cc1. The van der Waals surface area contributed by atoms with Gasteiger partial charge in [-0.1, -0.05) is 0 Å². The van der Waals surface area contributed by atoms with Crippen LogP contribution in [-0.2, 0) is 6.18 Å². The zero-order chi connectivity index (χ0) is 16.4. The molecule has 0 radical (unpaired) electrons. The molecule has 0 spiro atoms. The van der Waals surface area contributed by atoms with Gasteiger partial charge in [0.05, 0.1) is 16.9 Å². The Balaban J connectivity index is 1.86. The van der Waals surface area contributed by atoms with E-state index in [1.54, 1.807) is 24.3 Å². The highest BCUT2D eigenvalue weighted by Crippen LogP contribution is 2.29. The van der Waals surface area contributed by atoms with Crippen molar-refractivity contribution < 1.29 is 18.4 Å². The number of rotatable bonds is 3. The van der Waals surface area contributed by atoms with Crippen LogP contribution >= 0.6 is 0 Å². The monoisotopic (exact) mass is 320 g/mol. The fourth-order valence-electron chi connectivity index (χ4n) is 2.02. The van der Waals surface area contributed by atoms with Crippen LogP contribution in [0.5, 0.6) is 0 Å². The molecule has 5 nitrogen and oxygen atoms in total. The summed E-state index contributed by atoms with van der Waals surface area (Å²) in [6, 6.07) is 11.4. The van der Waals surface area contributed by atoms with E-state index in [-0.39, 0.29) is 0 Å². The van der Waals surface area contributed by atoms with Gasteiger partial charge in [-0.15, -0.1) is 5.10 Å². The third-order valence-corrected chi connectivity index (χ3v) is 3.22. The highest BCUT2D eigenvalue weighted by Gasteiger charge is 2.30. The number of hydrogen-bond acceptors (Lipinski definition) is 4. The molecule has 0 fully saturated rings. The fraction of sp³-hybridized carbons (Fsp3) is 0.0667. The number of nitrogens with one attached hydrogen (secondary N) is 1. The van der Waals surface area contributed by atoms with Crippen LogP contribution < -0.4 is 5.48 Å². The molecule has 0 unspecified atom stereocenters. The van der Waals surface area contributed by atoms with Crippen LogP contribution in [0.15, 0.2) is 54.9 Å². The Morgan fingerprint density at radius 2 is 1.61 bits per heavy atom. The molecule has 3 rings (SSSR count). The van der Waals surface area contributed by atoms with Crippen molar-refractivity contribution in [1.29, 1.82) is 0 Å². The van der Waals surface area contributed by atoms with Crippen LogP contribution in [0, 0.1) is 0 Å². The Morgan fingerprint density at radius 3 is 2.17 bits per heavy atom. The highest BCUT2D eigenvalue weighted by molar-refractivity contribution is 5.59. The summed E-state index contributed by atoms with van der Waals surface area (Å²) < 4.78 is 39.1. The first-order chi connectivity index (χ1) is 11.0. The average molecular weight is 320 g/mol. The lowest BCUT2D eigenvalue weighted by Crippen LogP contribution is -2.05. The smallest absolute Gasteiger partial charge is 0.291 e. The average Bonchev–Trinajstić information content (AvgIpc) is 3.04. The van der Waals surface area contributed by atoms with Gasteiger partial charge in [0.15, 0.2) is 5.82 Å². The summed E-state index contributed by atoms with van der Waals surface area (Å²) in [6.45, 7) is 0. The number of halogens is 3. The third kappa shape index (κ3) is 3.16. The second-order valence-corrected chi connectivity index (χ2v) is 4.75. The van der Waals surface area contributed by atoms with Gasteiger partial charge in [0.25, 0.3) is 0 Å². The van der Waals surface area contributed by atoms with Gasteiger partial charge in [-0.25, -0.2) is 9.67 Å². The molecular weight excluding hydrogens is 309 g/mol. The van der Waals surface area contributed by atoms with E-state index in [1.807, 2.05) is 5.48 Å². The van der Waals surface area contributed by atoms with Gasteiger partial charge in [-0.3, -0.25) is 10.7 Å². The number of nitrogens with zero attached hydrogens (tertiary/aromatic N) is 3. The van der Waals surface area contributed by atoms with Crippen molar-refractivity contribution in [3.63, 3.8) is 0 Å². The predicted molar refractivity (Wildman–Crippen MR) is 77.2 cm³/mol. The first-order valence-electron chi connectivity index (χ1n) is 6.57. The first-order valence-corrected chi connectivity index (χ1v) is 6.57. The zero-order valence-corrected chi connectivity index (χ0v) is 11.6. The van der Waals surface area contributed by atoms with Crippen molar-refractivity contribution >= 4 is 5.69 Å². The van der Waals surface area contributed by atoms with E-state index in [1.165, 1.54) is 23.1 Å². The normalized spacial score (nSPS) is 11.5. The molecule has 2 aromatic carbocycles. The molecule has 0 atom stereocenters. The summed E-state index contributed by atoms with van der Waals surface area (Å²) in [5.41, 5.74) is 3.02. The molecule has 2 N–H and O–H groups in total. The molecule has 0 bridgehead atoms. The molecule has 1 heterocycles. The molecule has 0 aliphatic heterocycles. The molecule has 0 aliphatic rings. The third-order valence-electron chi connectivity index (χ3n) is 3.22. The van der Waals surface area contributed by atoms with Gasteiger partial charge in [-0.05, 0) is 48.5 Å². The maximum atomic E-state index is 12.6. The van der Waals surface area contributed by atoms with Gasteiger partial charge < -0.3 is 0 Å². The summed E-state index contributed by atoms with van der Waals surface area (Å²) in [7, 11) is 0. The number of benzene rings is 2. The van der Waals surface area contributed by atoms with E-state index in [2.05, 4.69) is 10.1 Å². The van der Waals surface area contributed by atoms with Crippen LogP contribution in [0.2, 0.25) is 0 Å². The number of alkyl halides is 3. The minimum Gasteiger partial charge on any atom is -0.291 e. The Morgan fingerprint density at radius 1 is 0.957 bits per heavy atom. The van der Waals surface area contributed by atoms with Crippen LogP contribution in [0.4, 0.5) is 18.9 Å². The zero-order valence-electron chi connectivity index (χ0n) is 11.6. The van der Waals surface area contributed by atoms with E-state index < -0.39 is 11.7 Å². The van der Waals surface area contributed by atoms with E-state index in [9.17, 15) is 13.2 Å². The van der Waals surface area contributed by atoms with Crippen molar-refractivity contribution in [3.8, 4) is 17.1 Å². The lowest BCUT2D eigenvalue weighted by molar-refractivity contribution is -0.137. The van der Waals surface area contributed by atoms with Crippen molar-refractivity contribution in [2.45, 2.75) is 6.18 Å². The Bertz CT molecular complexity index is 795. The van der Waals surface area contributed by atoms with E-state index >= 15 is 0 Å². The second kappa shape index (κ2) is 5.73. The van der Waals surface area contributed by atoms with Crippen molar-refractivity contribution in [3.05, 3.63) is 60.4 Å². The quantitative estimate of drug-likeness (QED) is 0.721. The largest absolute Gasteiger partial charge is 0.416 e. The lowest BCUT2D eigenvalue weighted by Gasteiger charge is -2.07. The standard InChI is InChI=1S/C15H11F3N4O/c16-15(17,18)11-3-7-13(8-4-11)22-9-19-14(20-22)10-1-5-12(21-23)6-2-10/h1-9,21,23H. The molecule has 23 heavy (non-hydrogen) atoms. The summed E-state index contributed by atoms with van der Waals surface area (Å²) in [5.74, 6) is 0.425. The maximum Gasteiger partial charge on any atom is 0.416 e. The second-order valence-electron chi connectivity index (χ2n) is 4.75. The lowest BCUT2D eigenvalue weighted by atomic mass is 10.2. The van der Waals surface area contributed by atoms with Gasteiger partial charge in [0, 0.05) is 5.56 Å². The minimum absolute atomic E-state index is 0.425. The Kier molecular flexibility index (Phi) is 3.75. The minimum atomic E-state index is -4.37. The highest BCUT2D eigenvalue weighted by atomic mass is 19.4. The number of hydrogen-bond donors (Lipinski definition) is 2. The Hall–Kier alpha value is -2.87. The van der Waals surface area contributed by atoms with Crippen molar-refractivity contribution in [2.24, 2.45) is 0 Å². The van der Waals surface area contributed by atoms with E-state index in [0.29, 0.717) is 17.2 Å². The summed E-state index contributed by atoms with van der Waals surface area (Å²) >= 11 is 0. The predicted octanol–water partition coefficient (Wildman–Crippen LogP) is 3.75. The van der Waals surface area contributed by atoms with Crippen molar-refractivity contribution in [2.75, 3.05) is 5.48 Å². The molecule has 3 aromatic rings. The van der Waals surface area contributed by atoms with Gasteiger partial charge in [0.2, 0.25) is 0 Å². The molecule has 0 saturated heterocycles. The molecule has 118 valence electrons. The number of anilines is 1. The van der Waals surface area contributed by atoms with Crippen molar-refractivity contribution in [1.82, 2.24) is 14.8 Å². The maximum absolute atomic E-state index is 12.6. The number of aromatic nitrogens is 3. The van der Waals surface area contributed by atoms with Crippen LogP contribution in [0.1, 0.15) is 5.56 Å². The fourth-order valence-corrected chi connectivity index (χ4v) is 2.02. The first kappa shape index (κ1) is 15.0.